The predicted molar refractivity (Wildman–Crippen MR) is 89.0 cm³/mol. The Bertz CT molecular complexity index is 908. The molecular weight excluding hydrogens is 314 g/mol. The van der Waals surface area contributed by atoms with Gasteiger partial charge in [0.1, 0.15) is 11.5 Å². The van der Waals surface area contributed by atoms with Crippen LogP contribution in [0, 0.1) is 0 Å². The predicted octanol–water partition coefficient (Wildman–Crippen LogP) is 2.23. The van der Waals surface area contributed by atoms with Crippen LogP contribution >= 0.6 is 11.6 Å². The van der Waals surface area contributed by atoms with Gasteiger partial charge in [0.15, 0.2) is 5.65 Å². The first kappa shape index (κ1) is 14.9. The molecular formula is C15H16BClN4O2. The molecule has 1 aliphatic heterocycles. The fourth-order valence-electron chi connectivity index (χ4n) is 2.72. The number of hydrogen-bond donors (Lipinski definition) is 0. The van der Waals surface area contributed by atoms with Crippen molar-refractivity contribution in [3.05, 3.63) is 29.8 Å². The Hall–Kier alpha value is -1.70. The highest BCUT2D eigenvalue weighted by Gasteiger charge is 2.52. The lowest BCUT2D eigenvalue weighted by molar-refractivity contribution is 0.00578. The van der Waals surface area contributed by atoms with E-state index in [1.165, 1.54) is 6.33 Å². The van der Waals surface area contributed by atoms with Crippen LogP contribution in [0.1, 0.15) is 27.7 Å². The maximum Gasteiger partial charge on any atom is 0.498 e. The maximum atomic E-state index is 6.15. The average Bonchev–Trinajstić information content (AvgIpc) is 3.01. The van der Waals surface area contributed by atoms with Gasteiger partial charge in [0, 0.05) is 23.1 Å². The monoisotopic (exact) mass is 330 g/mol. The first-order valence-electron chi connectivity index (χ1n) is 7.42. The number of rotatable bonds is 1. The highest BCUT2D eigenvalue weighted by Crippen LogP contribution is 2.37. The number of fused-ring (bicyclic) bond motifs is 3. The fourth-order valence-corrected chi connectivity index (χ4v) is 2.87. The van der Waals surface area contributed by atoms with Crippen molar-refractivity contribution >= 4 is 40.7 Å². The first-order chi connectivity index (χ1) is 10.8. The molecule has 23 heavy (non-hydrogen) atoms. The Morgan fingerprint density at radius 2 is 1.78 bits per heavy atom. The molecule has 6 nitrogen and oxygen atoms in total. The van der Waals surface area contributed by atoms with Gasteiger partial charge in [-0.15, -0.1) is 0 Å². The van der Waals surface area contributed by atoms with Gasteiger partial charge in [0.2, 0.25) is 0 Å². The molecule has 0 N–H and O–H groups in total. The van der Waals surface area contributed by atoms with Gasteiger partial charge in [-0.3, -0.25) is 0 Å². The summed E-state index contributed by atoms with van der Waals surface area (Å²) in [4.78, 5) is 8.51. The van der Waals surface area contributed by atoms with E-state index in [9.17, 15) is 0 Å². The highest BCUT2D eigenvalue weighted by molar-refractivity contribution is 6.64. The van der Waals surface area contributed by atoms with Gasteiger partial charge in [0.25, 0.3) is 0 Å². The van der Waals surface area contributed by atoms with Crippen molar-refractivity contribution in [2.45, 2.75) is 38.9 Å². The van der Waals surface area contributed by atoms with Crippen LogP contribution in [0.5, 0.6) is 0 Å². The SMILES string of the molecule is CC1(C)OB(c2cc3cnc(Cl)cc3n3ncnc23)OC1(C)C. The lowest BCUT2D eigenvalue weighted by Gasteiger charge is -2.32. The minimum absolute atomic E-state index is 0.415. The van der Waals surface area contributed by atoms with Crippen molar-refractivity contribution in [1.82, 2.24) is 19.6 Å². The normalized spacial score (nSPS) is 19.8. The minimum Gasteiger partial charge on any atom is -0.399 e. The number of halogens is 1. The van der Waals surface area contributed by atoms with Gasteiger partial charge in [-0.05, 0) is 33.8 Å². The fraction of sp³-hybridized carbons (Fsp3) is 0.400. The molecule has 0 aliphatic carbocycles. The van der Waals surface area contributed by atoms with Gasteiger partial charge in [-0.2, -0.15) is 5.10 Å². The number of nitrogens with zero attached hydrogens (tertiary/aromatic N) is 4. The molecule has 1 aliphatic rings. The van der Waals surface area contributed by atoms with Gasteiger partial charge >= 0.3 is 7.12 Å². The third-order valence-corrected chi connectivity index (χ3v) is 4.94. The van der Waals surface area contributed by atoms with Crippen molar-refractivity contribution in [3.63, 3.8) is 0 Å². The van der Waals surface area contributed by atoms with E-state index in [4.69, 9.17) is 20.9 Å². The summed E-state index contributed by atoms with van der Waals surface area (Å²) in [5.41, 5.74) is 1.54. The summed E-state index contributed by atoms with van der Waals surface area (Å²) < 4.78 is 14.0. The highest BCUT2D eigenvalue weighted by atomic mass is 35.5. The largest absolute Gasteiger partial charge is 0.498 e. The molecule has 1 fully saturated rings. The van der Waals surface area contributed by atoms with E-state index >= 15 is 0 Å². The van der Waals surface area contributed by atoms with E-state index in [1.807, 2.05) is 33.8 Å². The van der Waals surface area contributed by atoms with Crippen LogP contribution < -0.4 is 5.46 Å². The number of hydrogen-bond acceptors (Lipinski definition) is 5. The first-order valence-corrected chi connectivity index (χ1v) is 7.80. The van der Waals surface area contributed by atoms with Crippen LogP contribution in [0.25, 0.3) is 16.6 Å². The Balaban J connectivity index is 1.94. The van der Waals surface area contributed by atoms with Crippen molar-refractivity contribution < 1.29 is 9.31 Å². The summed E-state index contributed by atoms with van der Waals surface area (Å²) in [7, 11) is -0.508. The third-order valence-electron chi connectivity index (χ3n) is 4.73. The van der Waals surface area contributed by atoms with E-state index in [2.05, 4.69) is 15.1 Å². The van der Waals surface area contributed by atoms with Crippen LogP contribution in [0.2, 0.25) is 5.15 Å². The molecule has 8 heteroatoms. The maximum absolute atomic E-state index is 6.15. The van der Waals surface area contributed by atoms with Gasteiger partial charge in [-0.25, -0.2) is 14.5 Å². The molecule has 0 atom stereocenters. The van der Waals surface area contributed by atoms with Crippen LogP contribution in [0.3, 0.4) is 0 Å². The van der Waals surface area contributed by atoms with Crippen LogP contribution in [0.4, 0.5) is 0 Å². The molecule has 1 saturated heterocycles. The molecule has 118 valence electrons. The summed E-state index contributed by atoms with van der Waals surface area (Å²) >= 11 is 6.01. The van der Waals surface area contributed by atoms with Crippen molar-refractivity contribution in [1.29, 1.82) is 0 Å². The number of pyridine rings is 2. The lowest BCUT2D eigenvalue weighted by atomic mass is 9.79. The van der Waals surface area contributed by atoms with Crippen LogP contribution in [0.15, 0.2) is 24.7 Å². The van der Waals surface area contributed by atoms with E-state index in [0.717, 1.165) is 16.4 Å². The van der Waals surface area contributed by atoms with Gasteiger partial charge in [-0.1, -0.05) is 11.6 Å². The molecule has 0 aromatic carbocycles. The Morgan fingerprint density at radius 1 is 1.09 bits per heavy atom. The van der Waals surface area contributed by atoms with Crippen molar-refractivity contribution in [3.8, 4) is 0 Å². The third kappa shape index (κ3) is 2.15. The van der Waals surface area contributed by atoms with Crippen molar-refractivity contribution in [2.24, 2.45) is 0 Å². The molecule has 0 amide bonds. The van der Waals surface area contributed by atoms with E-state index in [0.29, 0.717) is 10.8 Å². The van der Waals surface area contributed by atoms with E-state index in [-0.39, 0.29) is 0 Å². The molecule has 0 unspecified atom stereocenters. The Labute approximate surface area is 138 Å². The summed E-state index contributed by atoms with van der Waals surface area (Å²) in [5.74, 6) is 0. The molecule has 0 spiro atoms. The zero-order valence-electron chi connectivity index (χ0n) is 13.4. The topological polar surface area (TPSA) is 61.5 Å². The molecule has 0 radical (unpaired) electrons. The van der Waals surface area contributed by atoms with Gasteiger partial charge < -0.3 is 9.31 Å². The second-order valence-corrected chi connectivity index (χ2v) is 7.14. The summed E-state index contributed by atoms with van der Waals surface area (Å²) in [6.07, 6.45) is 3.23. The Kier molecular flexibility index (Phi) is 3.01. The molecule has 3 aromatic rings. The quantitative estimate of drug-likeness (QED) is 0.506. The zero-order valence-corrected chi connectivity index (χ0v) is 14.1. The second-order valence-electron chi connectivity index (χ2n) is 6.75. The molecule has 3 aromatic heterocycles. The zero-order chi connectivity index (χ0) is 16.4. The number of aromatic nitrogens is 4. The lowest BCUT2D eigenvalue weighted by Crippen LogP contribution is -2.41. The molecule has 0 saturated carbocycles. The smallest absolute Gasteiger partial charge is 0.399 e. The van der Waals surface area contributed by atoms with E-state index < -0.39 is 18.3 Å². The second kappa shape index (κ2) is 4.66. The Morgan fingerprint density at radius 3 is 2.48 bits per heavy atom. The van der Waals surface area contributed by atoms with Gasteiger partial charge in [0.05, 0.1) is 16.7 Å². The molecule has 4 rings (SSSR count). The minimum atomic E-state index is -0.508. The van der Waals surface area contributed by atoms with E-state index in [1.54, 1.807) is 16.8 Å². The summed E-state index contributed by atoms with van der Waals surface area (Å²) in [6.45, 7) is 8.10. The molecule has 4 heterocycles. The van der Waals surface area contributed by atoms with Crippen LogP contribution in [-0.2, 0) is 9.31 Å². The van der Waals surface area contributed by atoms with Crippen molar-refractivity contribution in [2.75, 3.05) is 0 Å². The standard InChI is InChI=1S/C15H16BClN4O2/c1-14(2)15(3,4)23-16(22-14)10-5-9-7-18-12(17)6-11(9)21-13(10)19-8-20-21/h5-8H,1-4H3. The molecule has 0 bridgehead atoms. The summed E-state index contributed by atoms with van der Waals surface area (Å²) in [6, 6.07) is 3.75. The summed E-state index contributed by atoms with van der Waals surface area (Å²) in [5, 5.41) is 5.62. The average molecular weight is 331 g/mol. The van der Waals surface area contributed by atoms with Crippen LogP contribution in [-0.4, -0.2) is 37.9 Å².